The van der Waals surface area contributed by atoms with Crippen LogP contribution in [0.15, 0.2) is 36.7 Å². The van der Waals surface area contributed by atoms with Crippen molar-refractivity contribution in [2.75, 3.05) is 53.4 Å². The zero-order chi connectivity index (χ0) is 28.4. The van der Waals surface area contributed by atoms with Gasteiger partial charge in [-0.3, -0.25) is 0 Å². The third kappa shape index (κ3) is 6.33. The van der Waals surface area contributed by atoms with E-state index in [1.54, 1.807) is 6.20 Å². The normalized spacial score (nSPS) is 20.2. The fourth-order valence-corrected chi connectivity index (χ4v) is 7.03. The molecule has 1 aromatic carbocycles. The van der Waals surface area contributed by atoms with Gasteiger partial charge in [-0.15, -0.1) is 0 Å². The molecule has 0 radical (unpaired) electrons. The molecule has 2 saturated heterocycles. The molecule has 40 heavy (non-hydrogen) atoms. The van der Waals surface area contributed by atoms with Gasteiger partial charge in [0.15, 0.2) is 0 Å². The van der Waals surface area contributed by atoms with Gasteiger partial charge in [0.05, 0.1) is 11.9 Å². The third-order valence-corrected chi connectivity index (χ3v) is 9.18. The number of benzene rings is 1. The molecular formula is C30H42N6O3S. The number of nitrogens with one attached hydrogen (secondary N) is 1. The van der Waals surface area contributed by atoms with E-state index in [9.17, 15) is 8.42 Å². The number of ether oxygens (including phenoxy) is 1. The highest BCUT2D eigenvalue weighted by Gasteiger charge is 2.38. The van der Waals surface area contributed by atoms with E-state index >= 15 is 0 Å². The van der Waals surface area contributed by atoms with Crippen LogP contribution in [-0.4, -0.2) is 73.8 Å². The monoisotopic (exact) mass is 566 g/mol. The van der Waals surface area contributed by atoms with E-state index in [1.165, 1.54) is 11.8 Å². The summed E-state index contributed by atoms with van der Waals surface area (Å²) in [6.45, 7) is 12.0. The molecule has 0 bridgehead atoms. The fourth-order valence-electron chi connectivity index (χ4n) is 5.86. The van der Waals surface area contributed by atoms with Crippen LogP contribution >= 0.6 is 0 Å². The number of fused-ring (bicyclic) bond motifs is 1. The van der Waals surface area contributed by atoms with Crippen molar-refractivity contribution in [3.8, 4) is 0 Å². The van der Waals surface area contributed by atoms with Gasteiger partial charge in [0.1, 0.15) is 21.5 Å². The van der Waals surface area contributed by atoms with Crippen LogP contribution in [0.1, 0.15) is 58.4 Å². The van der Waals surface area contributed by atoms with E-state index in [1.807, 2.05) is 12.3 Å². The molecule has 0 unspecified atom stereocenters. The SMILES string of the molecule is CCCOC1CCN(c2nccc(Nc3cc4c(C(C)C)ccc(N5C[C@H](CS(C)(=O)=O)[C@H]5C)c4cn3)n2)CC1. The van der Waals surface area contributed by atoms with Crippen LogP contribution < -0.4 is 15.1 Å². The van der Waals surface area contributed by atoms with Gasteiger partial charge in [-0.25, -0.2) is 18.4 Å². The predicted octanol–water partition coefficient (Wildman–Crippen LogP) is 5.16. The van der Waals surface area contributed by atoms with Crippen LogP contribution in [-0.2, 0) is 14.6 Å². The van der Waals surface area contributed by atoms with Gasteiger partial charge >= 0.3 is 0 Å². The Morgan fingerprint density at radius 1 is 1.10 bits per heavy atom. The number of aromatic nitrogens is 3. The average Bonchev–Trinajstić information content (AvgIpc) is 2.93. The molecule has 216 valence electrons. The number of pyridine rings is 1. The van der Waals surface area contributed by atoms with Crippen LogP contribution in [0.25, 0.3) is 10.8 Å². The van der Waals surface area contributed by atoms with Gasteiger partial charge in [-0.1, -0.05) is 26.8 Å². The van der Waals surface area contributed by atoms with Crippen molar-refractivity contribution in [2.24, 2.45) is 5.92 Å². The molecule has 2 aromatic heterocycles. The topological polar surface area (TPSA) is 101 Å². The van der Waals surface area contributed by atoms with Crippen molar-refractivity contribution in [3.63, 3.8) is 0 Å². The average molecular weight is 567 g/mol. The number of rotatable bonds is 10. The van der Waals surface area contributed by atoms with Gasteiger partial charge in [0.2, 0.25) is 5.95 Å². The first-order valence-electron chi connectivity index (χ1n) is 14.5. The second-order valence-corrected chi connectivity index (χ2v) is 13.8. The zero-order valence-corrected chi connectivity index (χ0v) is 25.1. The van der Waals surface area contributed by atoms with Crippen molar-refractivity contribution >= 4 is 43.9 Å². The summed E-state index contributed by atoms with van der Waals surface area (Å²) in [7, 11) is -3.00. The predicted molar refractivity (Wildman–Crippen MR) is 163 cm³/mol. The van der Waals surface area contributed by atoms with E-state index in [0.717, 1.165) is 73.7 Å². The van der Waals surface area contributed by atoms with Crippen LogP contribution in [0, 0.1) is 5.92 Å². The zero-order valence-electron chi connectivity index (χ0n) is 24.3. The maximum absolute atomic E-state index is 11.8. The highest BCUT2D eigenvalue weighted by Crippen LogP contribution is 2.39. The van der Waals surface area contributed by atoms with Gasteiger partial charge < -0.3 is 19.9 Å². The Bertz CT molecular complexity index is 1440. The summed E-state index contributed by atoms with van der Waals surface area (Å²) in [5.74, 6) is 2.88. The molecule has 0 amide bonds. The smallest absolute Gasteiger partial charge is 0.227 e. The molecule has 2 aliphatic rings. The van der Waals surface area contributed by atoms with Crippen LogP contribution in [0.3, 0.4) is 0 Å². The summed E-state index contributed by atoms with van der Waals surface area (Å²) in [4.78, 5) is 18.6. The first-order chi connectivity index (χ1) is 19.1. The molecular weight excluding hydrogens is 524 g/mol. The summed E-state index contributed by atoms with van der Waals surface area (Å²) in [6, 6.07) is 8.48. The molecule has 1 N–H and O–H groups in total. The van der Waals surface area contributed by atoms with E-state index < -0.39 is 9.84 Å². The lowest BCUT2D eigenvalue weighted by atomic mass is 9.88. The quantitative estimate of drug-likeness (QED) is 0.357. The summed E-state index contributed by atoms with van der Waals surface area (Å²) >= 11 is 0. The highest BCUT2D eigenvalue weighted by molar-refractivity contribution is 7.90. The summed E-state index contributed by atoms with van der Waals surface area (Å²) < 4.78 is 29.6. The van der Waals surface area contributed by atoms with Gasteiger partial charge in [-0.2, -0.15) is 4.98 Å². The van der Waals surface area contributed by atoms with Crippen molar-refractivity contribution < 1.29 is 13.2 Å². The Labute approximate surface area is 238 Å². The summed E-state index contributed by atoms with van der Waals surface area (Å²) in [5, 5.41) is 5.63. The van der Waals surface area contributed by atoms with Crippen molar-refractivity contribution in [3.05, 3.63) is 42.2 Å². The lowest BCUT2D eigenvalue weighted by Crippen LogP contribution is -2.57. The van der Waals surface area contributed by atoms with Crippen molar-refractivity contribution in [1.82, 2.24) is 15.0 Å². The molecule has 4 heterocycles. The second kappa shape index (κ2) is 11.9. The molecule has 2 aliphatic heterocycles. The molecule has 10 heteroatoms. The maximum atomic E-state index is 11.8. The van der Waals surface area contributed by atoms with Gasteiger partial charge in [0, 0.05) is 67.9 Å². The first kappa shape index (κ1) is 28.5. The largest absolute Gasteiger partial charge is 0.378 e. The molecule has 2 fully saturated rings. The number of piperidine rings is 1. The molecule has 0 spiro atoms. The minimum Gasteiger partial charge on any atom is -0.378 e. The summed E-state index contributed by atoms with van der Waals surface area (Å²) in [6.07, 6.45) is 8.38. The number of hydrogen-bond donors (Lipinski definition) is 1. The maximum Gasteiger partial charge on any atom is 0.227 e. The first-order valence-corrected chi connectivity index (χ1v) is 16.5. The van der Waals surface area contributed by atoms with E-state index in [4.69, 9.17) is 14.7 Å². The standard InChI is InChI=1S/C30H42N6O3S/c1-6-15-39-23-10-13-35(14-11-23)30-31-12-9-28(34-30)33-29-16-25-24(20(2)3)7-8-27(26(25)17-32-29)36-18-22(21(36)4)19-40(5,37)38/h7-9,12,16-17,20-23H,6,10-11,13-15,18-19H2,1-5H3,(H,31,32,33,34)/t21-,22-/m1/s1. The Morgan fingerprint density at radius 2 is 1.88 bits per heavy atom. The van der Waals surface area contributed by atoms with E-state index in [0.29, 0.717) is 17.8 Å². The summed E-state index contributed by atoms with van der Waals surface area (Å²) in [5.41, 5.74) is 2.35. The lowest BCUT2D eigenvalue weighted by molar-refractivity contribution is 0.0373. The Kier molecular flexibility index (Phi) is 8.47. The van der Waals surface area contributed by atoms with Crippen LogP contribution in [0.2, 0.25) is 0 Å². The molecule has 0 aliphatic carbocycles. The van der Waals surface area contributed by atoms with Crippen molar-refractivity contribution in [1.29, 1.82) is 0 Å². The number of anilines is 4. The number of sulfone groups is 1. The Hall–Kier alpha value is -2.98. The van der Waals surface area contributed by atoms with Crippen LogP contribution in [0.5, 0.6) is 0 Å². The minimum atomic E-state index is -3.00. The molecule has 3 aromatic rings. The molecule has 5 rings (SSSR count). The Morgan fingerprint density at radius 3 is 2.55 bits per heavy atom. The van der Waals surface area contributed by atoms with E-state index in [-0.39, 0.29) is 17.7 Å². The molecule has 0 saturated carbocycles. The number of nitrogens with zero attached hydrogens (tertiary/aromatic N) is 5. The molecule has 2 atom stereocenters. The van der Waals surface area contributed by atoms with Gasteiger partial charge in [0.25, 0.3) is 0 Å². The Balaban J connectivity index is 1.35. The highest BCUT2D eigenvalue weighted by atomic mass is 32.2. The third-order valence-electron chi connectivity index (χ3n) is 8.15. The number of hydrogen-bond acceptors (Lipinski definition) is 9. The van der Waals surface area contributed by atoms with E-state index in [2.05, 4.69) is 66.0 Å². The second-order valence-electron chi connectivity index (χ2n) is 11.6. The fraction of sp³-hybridized carbons (Fsp3) is 0.567. The molecule has 9 nitrogen and oxygen atoms in total. The lowest BCUT2D eigenvalue weighted by Gasteiger charge is -2.48. The minimum absolute atomic E-state index is 0.144. The van der Waals surface area contributed by atoms with Crippen LogP contribution in [0.4, 0.5) is 23.3 Å². The van der Waals surface area contributed by atoms with Crippen molar-refractivity contribution in [2.45, 2.75) is 65.0 Å². The van der Waals surface area contributed by atoms with Gasteiger partial charge in [-0.05, 0) is 61.3 Å².